The van der Waals surface area contributed by atoms with Crippen LogP contribution in [0.4, 0.5) is 0 Å². The molecule has 0 radical (unpaired) electrons. The predicted octanol–water partition coefficient (Wildman–Crippen LogP) is 7.21. The molecule has 5 rings (SSSR count). The number of benzene rings is 3. The smallest absolute Gasteiger partial charge is 0.197 e. The number of hydroxylamine groups is 2. The summed E-state index contributed by atoms with van der Waals surface area (Å²) in [6.45, 7) is 9.46. The largest absolute Gasteiger partial charge is 0.784 e. The Balaban J connectivity index is 1.19. The van der Waals surface area contributed by atoms with Gasteiger partial charge in [-0.3, -0.25) is 4.79 Å². The van der Waals surface area contributed by atoms with Gasteiger partial charge >= 0.3 is 0 Å². The lowest BCUT2D eigenvalue weighted by atomic mass is 9.79. The van der Waals surface area contributed by atoms with Gasteiger partial charge in [-0.2, -0.15) is 0 Å². The molecule has 2 heterocycles. The first-order chi connectivity index (χ1) is 18.7. The number of nitrogens with one attached hydrogen (secondary N) is 1. The van der Waals surface area contributed by atoms with Gasteiger partial charge in [0.1, 0.15) is 17.1 Å². The molecule has 39 heavy (non-hydrogen) atoms. The zero-order valence-electron chi connectivity index (χ0n) is 23.2. The van der Waals surface area contributed by atoms with Crippen LogP contribution in [0.5, 0.6) is 5.75 Å². The van der Waals surface area contributed by atoms with Gasteiger partial charge in [-0.1, -0.05) is 48.5 Å². The summed E-state index contributed by atoms with van der Waals surface area (Å²) in [5.41, 5.74) is 1.98. The number of ether oxygens (including phenoxy) is 1. The molecular formula is C33H37N2O4-. The van der Waals surface area contributed by atoms with E-state index in [9.17, 15) is 10.0 Å². The Morgan fingerprint density at radius 3 is 2.28 bits per heavy atom. The minimum Gasteiger partial charge on any atom is -0.784 e. The van der Waals surface area contributed by atoms with Crippen molar-refractivity contribution in [2.75, 3.05) is 13.2 Å². The number of hydrogen-bond donors (Lipinski definition) is 1. The normalized spacial score (nSPS) is 17.4. The summed E-state index contributed by atoms with van der Waals surface area (Å²) >= 11 is 0. The molecule has 0 atom stereocenters. The van der Waals surface area contributed by atoms with Crippen LogP contribution >= 0.6 is 0 Å². The van der Waals surface area contributed by atoms with E-state index in [4.69, 9.17) is 9.15 Å². The molecule has 0 amide bonds. The summed E-state index contributed by atoms with van der Waals surface area (Å²) in [7, 11) is 0. The third-order valence-electron chi connectivity index (χ3n) is 7.59. The van der Waals surface area contributed by atoms with Gasteiger partial charge < -0.3 is 24.7 Å². The molecule has 3 aromatic carbocycles. The molecule has 1 aliphatic heterocycles. The first-order valence-electron chi connectivity index (χ1n) is 13.7. The molecule has 1 N–H and O–H groups in total. The first-order valence-corrected chi connectivity index (χ1v) is 13.7. The molecule has 6 nitrogen and oxygen atoms in total. The highest BCUT2D eigenvalue weighted by Crippen LogP contribution is 2.37. The van der Waals surface area contributed by atoms with Gasteiger partial charge in [0, 0.05) is 33.6 Å². The van der Waals surface area contributed by atoms with Crippen molar-refractivity contribution in [3.05, 3.63) is 95.2 Å². The summed E-state index contributed by atoms with van der Waals surface area (Å²) in [6, 6.07) is 25.0. The SMILES string of the molecule is CC1(C)CC(NCCCOc2ccc(C(=O)c3c(-c4ccccc4)oc4ccccc34)cc2)CC(C)(C)N1[O-]. The number of hydrogen-bond acceptors (Lipinski definition) is 6. The van der Waals surface area contributed by atoms with E-state index >= 15 is 0 Å². The fourth-order valence-corrected chi connectivity index (χ4v) is 5.89. The van der Waals surface area contributed by atoms with Gasteiger partial charge in [0.25, 0.3) is 0 Å². The van der Waals surface area contributed by atoms with Crippen LogP contribution in [-0.4, -0.2) is 41.1 Å². The monoisotopic (exact) mass is 525 g/mol. The van der Waals surface area contributed by atoms with Crippen LogP contribution in [0.3, 0.4) is 0 Å². The summed E-state index contributed by atoms with van der Waals surface area (Å²) < 4.78 is 12.1. The first kappa shape index (κ1) is 27.1. The zero-order chi connectivity index (χ0) is 27.6. The Bertz CT molecular complexity index is 1410. The zero-order valence-corrected chi connectivity index (χ0v) is 23.2. The number of carbonyl (C=O) groups is 1. The quantitative estimate of drug-likeness (QED) is 0.184. The molecule has 1 saturated heterocycles. The molecule has 0 unspecified atom stereocenters. The maximum atomic E-state index is 13.7. The second-order valence-electron chi connectivity index (χ2n) is 11.7. The molecule has 0 spiro atoms. The third kappa shape index (κ3) is 5.78. The highest BCUT2D eigenvalue weighted by Gasteiger charge is 2.39. The Morgan fingerprint density at radius 2 is 1.59 bits per heavy atom. The fourth-order valence-electron chi connectivity index (χ4n) is 5.89. The van der Waals surface area contributed by atoms with E-state index in [0.29, 0.717) is 35.1 Å². The molecule has 204 valence electrons. The van der Waals surface area contributed by atoms with Crippen LogP contribution in [0.2, 0.25) is 0 Å². The van der Waals surface area contributed by atoms with Crippen LogP contribution in [0.1, 0.15) is 62.9 Å². The molecule has 1 fully saturated rings. The summed E-state index contributed by atoms with van der Waals surface area (Å²) in [5, 5.41) is 18.2. The van der Waals surface area contributed by atoms with Gasteiger partial charge in [-0.25, -0.2) is 0 Å². The van der Waals surface area contributed by atoms with Crippen molar-refractivity contribution in [3.63, 3.8) is 0 Å². The molecule has 1 aromatic heterocycles. The average Bonchev–Trinajstić information content (AvgIpc) is 3.31. The van der Waals surface area contributed by atoms with E-state index in [1.165, 1.54) is 5.06 Å². The second-order valence-corrected chi connectivity index (χ2v) is 11.7. The Hall–Kier alpha value is -3.45. The lowest BCUT2D eigenvalue weighted by Gasteiger charge is -2.60. The minimum absolute atomic E-state index is 0.0791. The summed E-state index contributed by atoms with van der Waals surface area (Å²) in [6.07, 6.45) is 2.50. The Kier molecular flexibility index (Phi) is 7.63. The molecule has 4 aromatic rings. The molecule has 1 aliphatic rings. The van der Waals surface area contributed by atoms with E-state index in [-0.39, 0.29) is 16.9 Å². The van der Waals surface area contributed by atoms with Crippen LogP contribution < -0.4 is 10.1 Å². The molecule has 6 heteroatoms. The van der Waals surface area contributed by atoms with Crippen LogP contribution in [0.15, 0.2) is 83.3 Å². The molecule has 0 bridgehead atoms. The maximum absolute atomic E-state index is 13.7. The standard InChI is InChI=1S/C33H37N2O4/c1-32(2)21-25(22-33(3,4)35(32)37)34-19-10-20-38-26-17-15-23(16-18-26)30(36)29-27-13-8-9-14-28(27)39-31(29)24-11-6-5-7-12-24/h5-9,11-18,25,34H,10,19-22H2,1-4H3/q-1. The van der Waals surface area contributed by atoms with E-state index in [2.05, 4.69) is 5.32 Å². The maximum Gasteiger partial charge on any atom is 0.197 e. The van der Waals surface area contributed by atoms with Gasteiger partial charge in [0.05, 0.1) is 12.2 Å². The highest BCUT2D eigenvalue weighted by molar-refractivity contribution is 6.19. The molecular weight excluding hydrogens is 488 g/mol. The number of nitrogens with zero attached hydrogens (tertiary/aromatic N) is 1. The number of fused-ring (bicyclic) bond motifs is 1. The van der Waals surface area contributed by atoms with E-state index < -0.39 is 0 Å². The number of piperidine rings is 1. The number of ketones is 1. The summed E-state index contributed by atoms with van der Waals surface area (Å²) in [5.74, 6) is 1.24. The topological polar surface area (TPSA) is 77.8 Å². The van der Waals surface area contributed by atoms with Crippen molar-refractivity contribution >= 4 is 16.8 Å². The Morgan fingerprint density at radius 1 is 0.949 bits per heavy atom. The lowest BCUT2D eigenvalue weighted by Crippen LogP contribution is -2.61. The van der Waals surface area contributed by atoms with Crippen molar-refractivity contribution in [3.8, 4) is 17.1 Å². The van der Waals surface area contributed by atoms with Crippen LogP contribution in [0.25, 0.3) is 22.3 Å². The second kappa shape index (κ2) is 11.0. The van der Waals surface area contributed by atoms with Gasteiger partial charge in [0.15, 0.2) is 5.78 Å². The van der Waals surface area contributed by atoms with Crippen molar-refractivity contribution < 1.29 is 13.9 Å². The fraction of sp³-hybridized carbons (Fsp3) is 0.364. The predicted molar refractivity (Wildman–Crippen MR) is 156 cm³/mol. The van der Waals surface area contributed by atoms with Crippen molar-refractivity contribution in [2.24, 2.45) is 0 Å². The van der Waals surface area contributed by atoms with E-state index in [1.54, 1.807) is 0 Å². The van der Waals surface area contributed by atoms with Gasteiger partial charge in [0.2, 0.25) is 0 Å². The van der Waals surface area contributed by atoms with Gasteiger partial charge in [-0.05, 0) is 83.8 Å². The van der Waals surface area contributed by atoms with E-state index in [1.807, 2.05) is 107 Å². The van der Waals surface area contributed by atoms with Crippen molar-refractivity contribution in [2.45, 2.75) is 64.1 Å². The van der Waals surface area contributed by atoms with Gasteiger partial charge in [-0.15, -0.1) is 0 Å². The van der Waals surface area contributed by atoms with E-state index in [0.717, 1.165) is 42.5 Å². The van der Waals surface area contributed by atoms with Crippen LogP contribution in [-0.2, 0) is 0 Å². The minimum atomic E-state index is -0.375. The number of furan rings is 1. The third-order valence-corrected chi connectivity index (χ3v) is 7.59. The number of para-hydroxylation sites is 1. The Labute approximate surface area is 230 Å². The molecule has 0 saturated carbocycles. The average molecular weight is 526 g/mol. The van der Waals surface area contributed by atoms with Crippen molar-refractivity contribution in [1.82, 2.24) is 10.4 Å². The molecule has 0 aliphatic carbocycles. The van der Waals surface area contributed by atoms with Crippen molar-refractivity contribution in [1.29, 1.82) is 0 Å². The van der Waals surface area contributed by atoms with Crippen LogP contribution in [0, 0.1) is 5.21 Å². The highest BCUT2D eigenvalue weighted by atomic mass is 16.5. The summed E-state index contributed by atoms with van der Waals surface area (Å²) in [4.78, 5) is 13.7. The number of carbonyl (C=O) groups excluding carboxylic acids is 1. The lowest BCUT2D eigenvalue weighted by molar-refractivity contribution is 0.00152. The number of rotatable bonds is 9.